The summed E-state index contributed by atoms with van der Waals surface area (Å²) < 4.78 is 11.8. The van der Waals surface area contributed by atoms with Crippen molar-refractivity contribution in [1.82, 2.24) is 10.2 Å². The van der Waals surface area contributed by atoms with E-state index in [0.717, 1.165) is 39.4 Å². The molecule has 2 aromatic heterocycles. The zero-order valence-electron chi connectivity index (χ0n) is 24.0. The number of nitrogens with zero attached hydrogens (tertiary/aromatic N) is 1. The first-order valence-electron chi connectivity index (χ1n) is 14.0. The second-order valence-electron chi connectivity index (χ2n) is 9.76. The minimum Gasteiger partial charge on any atom is -0.370 e. The minimum atomic E-state index is 0. The number of halogens is 1. The van der Waals surface area contributed by atoms with E-state index in [1.807, 2.05) is 13.8 Å². The van der Waals surface area contributed by atoms with E-state index in [2.05, 4.69) is 108 Å². The van der Waals surface area contributed by atoms with Gasteiger partial charge in [-0.05, 0) is 59.0 Å². The fourth-order valence-corrected chi connectivity index (χ4v) is 6.19. The zero-order valence-corrected chi connectivity index (χ0v) is 26.5. The first-order valence-corrected chi connectivity index (χ1v) is 15.8. The molecule has 6 rings (SSSR count). The lowest BCUT2D eigenvalue weighted by Crippen LogP contribution is -2.53. The number of rotatable bonds is 9. The summed E-state index contributed by atoms with van der Waals surface area (Å²) in [5.74, 6) is 0. The molecule has 0 atom stereocenters. The Morgan fingerprint density at radius 1 is 0.725 bits per heavy atom. The number of ether oxygens (including phenoxy) is 2. The van der Waals surface area contributed by atoms with Gasteiger partial charge in [0, 0.05) is 35.9 Å². The molecular weight excluding hydrogens is 556 g/mol. The molecule has 216 valence electrons. The van der Waals surface area contributed by atoms with Gasteiger partial charge < -0.3 is 14.8 Å². The molecule has 1 N–H and O–H groups in total. The third-order valence-corrected chi connectivity index (χ3v) is 9.05. The first-order chi connectivity index (χ1) is 19.2. The van der Waals surface area contributed by atoms with Gasteiger partial charge in [-0.25, -0.2) is 0 Å². The summed E-state index contributed by atoms with van der Waals surface area (Å²) in [6.45, 7) is 13.8. The van der Waals surface area contributed by atoms with Crippen molar-refractivity contribution in [2.75, 3.05) is 26.2 Å². The van der Waals surface area contributed by atoms with E-state index < -0.39 is 0 Å². The molecule has 2 saturated heterocycles. The lowest BCUT2D eigenvalue weighted by Gasteiger charge is -2.44. The van der Waals surface area contributed by atoms with E-state index in [1.54, 1.807) is 22.7 Å². The number of aryl methyl sites for hydroxylation is 2. The highest BCUT2D eigenvalue weighted by Gasteiger charge is 2.34. The maximum Gasteiger partial charge on any atom is 0.0834 e. The van der Waals surface area contributed by atoms with Crippen molar-refractivity contribution in [3.05, 3.63) is 116 Å². The van der Waals surface area contributed by atoms with Crippen molar-refractivity contribution in [2.24, 2.45) is 0 Å². The molecule has 0 radical (unpaired) electrons. The number of benzene rings is 2. The Labute approximate surface area is 254 Å². The van der Waals surface area contributed by atoms with Crippen molar-refractivity contribution in [2.45, 2.75) is 59.2 Å². The number of likely N-dealkylation sites (tertiary alicyclic amines) is 1. The quantitative estimate of drug-likeness (QED) is 0.211. The maximum atomic E-state index is 6.12. The van der Waals surface area contributed by atoms with Gasteiger partial charge in [0.15, 0.2) is 0 Å². The van der Waals surface area contributed by atoms with Crippen LogP contribution in [0.4, 0.5) is 0 Å². The SMILES string of the molecule is CC.Cc1ccsc1COC1CN(C(c2ccccc2)c2ccccc2)C1.Cc1ccsc1COC1CNC1.Cl. The van der Waals surface area contributed by atoms with Gasteiger partial charge in [-0.15, -0.1) is 35.1 Å². The van der Waals surface area contributed by atoms with Crippen molar-refractivity contribution in [3.8, 4) is 0 Å². The van der Waals surface area contributed by atoms with E-state index in [4.69, 9.17) is 9.47 Å². The Morgan fingerprint density at radius 3 is 1.55 bits per heavy atom. The molecule has 0 bridgehead atoms. The molecule has 4 aromatic rings. The average molecular weight is 599 g/mol. The summed E-state index contributed by atoms with van der Waals surface area (Å²) >= 11 is 3.57. The predicted octanol–water partition coefficient (Wildman–Crippen LogP) is 8.04. The molecule has 7 heteroatoms. The predicted molar refractivity (Wildman–Crippen MR) is 173 cm³/mol. The van der Waals surface area contributed by atoms with Crippen LogP contribution in [0.15, 0.2) is 83.6 Å². The summed E-state index contributed by atoms with van der Waals surface area (Å²) in [6, 6.07) is 26.2. The van der Waals surface area contributed by atoms with E-state index in [0.29, 0.717) is 18.2 Å². The van der Waals surface area contributed by atoms with E-state index in [1.165, 1.54) is 32.0 Å². The van der Waals surface area contributed by atoms with Gasteiger partial charge in [-0.3, -0.25) is 4.90 Å². The third kappa shape index (κ3) is 8.98. The highest BCUT2D eigenvalue weighted by Crippen LogP contribution is 2.33. The van der Waals surface area contributed by atoms with Gasteiger partial charge in [-0.2, -0.15) is 0 Å². The molecule has 0 amide bonds. The second-order valence-corrected chi connectivity index (χ2v) is 11.8. The Morgan fingerprint density at radius 2 is 1.18 bits per heavy atom. The van der Waals surface area contributed by atoms with Crippen LogP contribution in [0.25, 0.3) is 0 Å². The molecule has 0 unspecified atom stereocenters. The van der Waals surface area contributed by atoms with Crippen LogP contribution in [0, 0.1) is 13.8 Å². The zero-order chi connectivity index (χ0) is 27.5. The Kier molecular flexibility index (Phi) is 13.8. The summed E-state index contributed by atoms with van der Waals surface area (Å²) in [7, 11) is 0. The van der Waals surface area contributed by atoms with Crippen LogP contribution in [0.3, 0.4) is 0 Å². The van der Waals surface area contributed by atoms with E-state index in [-0.39, 0.29) is 12.4 Å². The lowest BCUT2D eigenvalue weighted by molar-refractivity contribution is -0.0734. The van der Waals surface area contributed by atoms with Crippen LogP contribution in [0.1, 0.15) is 51.9 Å². The van der Waals surface area contributed by atoms with Crippen LogP contribution in [0.2, 0.25) is 0 Å². The molecule has 2 aromatic carbocycles. The van der Waals surface area contributed by atoms with Crippen molar-refractivity contribution in [3.63, 3.8) is 0 Å². The van der Waals surface area contributed by atoms with E-state index in [9.17, 15) is 0 Å². The average Bonchev–Trinajstić information content (AvgIpc) is 3.54. The fraction of sp³-hybridized carbons (Fsp3) is 0.394. The van der Waals surface area contributed by atoms with Gasteiger partial charge in [0.25, 0.3) is 0 Å². The van der Waals surface area contributed by atoms with Crippen molar-refractivity contribution >= 4 is 35.1 Å². The van der Waals surface area contributed by atoms with Crippen molar-refractivity contribution in [1.29, 1.82) is 0 Å². The molecule has 2 fully saturated rings. The molecule has 0 spiro atoms. The summed E-state index contributed by atoms with van der Waals surface area (Å²) in [6.07, 6.45) is 0.780. The molecule has 40 heavy (non-hydrogen) atoms. The van der Waals surface area contributed by atoms with Gasteiger partial charge in [-0.1, -0.05) is 74.5 Å². The molecule has 0 aliphatic carbocycles. The van der Waals surface area contributed by atoms with E-state index >= 15 is 0 Å². The number of nitrogens with one attached hydrogen (secondary N) is 1. The molecule has 2 aliphatic heterocycles. The highest BCUT2D eigenvalue weighted by atomic mass is 35.5. The largest absolute Gasteiger partial charge is 0.370 e. The van der Waals surface area contributed by atoms with Gasteiger partial charge in [0.2, 0.25) is 0 Å². The molecule has 4 nitrogen and oxygen atoms in total. The van der Waals surface area contributed by atoms with Crippen LogP contribution in [-0.4, -0.2) is 43.3 Å². The van der Waals surface area contributed by atoms with Crippen LogP contribution < -0.4 is 5.32 Å². The normalized spacial score (nSPS) is 15.1. The van der Waals surface area contributed by atoms with Gasteiger partial charge in [0.05, 0.1) is 31.5 Å². The summed E-state index contributed by atoms with van der Waals surface area (Å²) in [5.41, 5.74) is 5.39. The fourth-order valence-electron chi connectivity index (χ4n) is 4.54. The first kappa shape index (κ1) is 32.5. The highest BCUT2D eigenvalue weighted by molar-refractivity contribution is 7.10. The van der Waals surface area contributed by atoms with Crippen LogP contribution in [0.5, 0.6) is 0 Å². The van der Waals surface area contributed by atoms with Crippen LogP contribution >= 0.6 is 35.1 Å². The Bertz CT molecular complexity index is 1180. The standard InChI is InChI=1S/C22H23NOS.C9H13NOS.C2H6.ClH/c1-17-12-13-25-21(17)16-24-20-14-23(15-20)22(18-8-4-2-5-9-18)19-10-6-3-7-11-19;1-7-2-3-12-9(7)6-11-8-4-10-5-8;1-2;/h2-13,20,22H,14-16H2,1H3;2-3,8,10H,4-6H2,1H3;1-2H3;1H. The summed E-state index contributed by atoms with van der Waals surface area (Å²) in [4.78, 5) is 5.22. The number of thiophene rings is 2. The number of hydrogen-bond acceptors (Lipinski definition) is 6. The smallest absolute Gasteiger partial charge is 0.0834 e. The molecule has 4 heterocycles. The summed E-state index contributed by atoms with van der Waals surface area (Å²) in [5, 5.41) is 7.44. The maximum absolute atomic E-state index is 6.12. The van der Waals surface area contributed by atoms with Crippen LogP contribution in [-0.2, 0) is 22.7 Å². The molecule has 0 saturated carbocycles. The number of hydrogen-bond donors (Lipinski definition) is 1. The van der Waals surface area contributed by atoms with Gasteiger partial charge >= 0.3 is 0 Å². The van der Waals surface area contributed by atoms with Gasteiger partial charge in [0.1, 0.15) is 0 Å². The molecular formula is C33H43ClN2O2S2. The Hall–Kier alpha value is -2.03. The monoisotopic (exact) mass is 598 g/mol. The minimum absolute atomic E-state index is 0. The second kappa shape index (κ2) is 17.0. The lowest BCUT2D eigenvalue weighted by atomic mass is 9.94. The third-order valence-electron chi connectivity index (χ3n) is 7.05. The molecule has 2 aliphatic rings. The Balaban J connectivity index is 0.000000248. The van der Waals surface area contributed by atoms with Crippen molar-refractivity contribution < 1.29 is 9.47 Å². The topological polar surface area (TPSA) is 33.7 Å².